The fraction of sp³-hybridized carbons (Fsp3) is 0.0909. The third-order valence-corrected chi connectivity index (χ3v) is 3.94. The number of rotatable bonds is 5. The van der Waals surface area contributed by atoms with E-state index < -0.39 is 12.2 Å². The number of carbonyl (C=O) groups excluding carboxylic acids is 2. The minimum atomic E-state index is -0.599. The Morgan fingerprint density at radius 2 is 1.57 bits per heavy atom. The van der Waals surface area contributed by atoms with E-state index in [1.54, 1.807) is 29.2 Å². The Balaban J connectivity index is 1.80. The monoisotopic (exact) mass is 376 g/mol. The molecule has 0 aliphatic carbocycles. The van der Waals surface area contributed by atoms with Crippen LogP contribution >= 0.6 is 0 Å². The van der Waals surface area contributed by atoms with Gasteiger partial charge in [0.1, 0.15) is 5.75 Å². The summed E-state index contributed by atoms with van der Waals surface area (Å²) in [5.74, 6) is 0.313. The highest BCUT2D eigenvalue weighted by atomic mass is 16.6. The van der Waals surface area contributed by atoms with Crippen LogP contribution in [0.25, 0.3) is 0 Å². The maximum atomic E-state index is 12.9. The molecule has 3 aromatic rings. The molecule has 0 aliphatic heterocycles. The molecule has 0 unspecified atom stereocenters. The number of nitrogens with zero attached hydrogens (tertiary/aromatic N) is 1. The Hall–Kier alpha value is -3.80. The van der Waals surface area contributed by atoms with Crippen LogP contribution in [0.15, 0.2) is 84.9 Å². The maximum Gasteiger partial charge on any atom is 0.420 e. The summed E-state index contributed by atoms with van der Waals surface area (Å²) in [6, 6.07) is 25.5. The first kappa shape index (κ1) is 19.0. The lowest BCUT2D eigenvalue weighted by Gasteiger charge is -2.22. The average Bonchev–Trinajstić information content (AvgIpc) is 2.73. The number of hydrogen-bond acceptors (Lipinski definition) is 4. The van der Waals surface area contributed by atoms with Gasteiger partial charge in [-0.15, -0.1) is 0 Å². The number of para-hydroxylation sites is 1. The number of nitrogens with one attached hydrogen (secondary N) is 1. The third kappa shape index (κ3) is 5.11. The van der Waals surface area contributed by atoms with Crippen LogP contribution in [0.4, 0.5) is 21.0 Å². The Kier molecular flexibility index (Phi) is 6.25. The number of hydrogen-bond donors (Lipinski definition) is 1. The van der Waals surface area contributed by atoms with Crippen LogP contribution in [0, 0.1) is 0 Å². The zero-order chi connectivity index (χ0) is 19.8. The molecule has 0 spiro atoms. The minimum absolute atomic E-state index is 0.313. The van der Waals surface area contributed by atoms with Gasteiger partial charge >= 0.3 is 12.2 Å². The summed E-state index contributed by atoms with van der Waals surface area (Å²) >= 11 is 0. The smallest absolute Gasteiger partial charge is 0.420 e. The topological polar surface area (TPSA) is 67.9 Å². The van der Waals surface area contributed by atoms with Crippen LogP contribution in [-0.2, 0) is 11.3 Å². The van der Waals surface area contributed by atoms with Crippen LogP contribution < -0.4 is 15.0 Å². The quantitative estimate of drug-likeness (QED) is 0.675. The van der Waals surface area contributed by atoms with Crippen molar-refractivity contribution in [2.75, 3.05) is 17.3 Å². The van der Waals surface area contributed by atoms with Gasteiger partial charge in [0, 0.05) is 17.4 Å². The van der Waals surface area contributed by atoms with Crippen molar-refractivity contribution >= 4 is 23.6 Å². The molecule has 0 radical (unpaired) electrons. The molecule has 0 aromatic heterocycles. The molecule has 28 heavy (non-hydrogen) atoms. The summed E-state index contributed by atoms with van der Waals surface area (Å²) < 4.78 is 10.1. The molecule has 6 heteroatoms. The van der Waals surface area contributed by atoms with E-state index in [2.05, 4.69) is 10.1 Å². The Labute approximate surface area is 163 Å². The summed E-state index contributed by atoms with van der Waals surface area (Å²) in [5, 5.41) is 2.54. The SMILES string of the molecule is COC(=O)Nc1cccc(OC(=O)N(Cc2ccccc2)c2ccccc2)c1. The Morgan fingerprint density at radius 1 is 0.893 bits per heavy atom. The molecule has 142 valence electrons. The molecule has 0 heterocycles. The normalized spacial score (nSPS) is 10.0. The van der Waals surface area contributed by atoms with Crippen LogP contribution in [0.1, 0.15) is 5.56 Å². The second-order valence-corrected chi connectivity index (χ2v) is 5.92. The third-order valence-electron chi connectivity index (χ3n) is 3.94. The van der Waals surface area contributed by atoms with Crippen molar-refractivity contribution in [3.05, 3.63) is 90.5 Å². The van der Waals surface area contributed by atoms with Gasteiger partial charge < -0.3 is 9.47 Å². The van der Waals surface area contributed by atoms with E-state index in [1.165, 1.54) is 7.11 Å². The number of carbonyl (C=O) groups is 2. The van der Waals surface area contributed by atoms with Crippen LogP contribution in [0.3, 0.4) is 0 Å². The first-order chi connectivity index (χ1) is 13.7. The van der Waals surface area contributed by atoms with Gasteiger partial charge in [-0.3, -0.25) is 10.2 Å². The zero-order valence-electron chi connectivity index (χ0n) is 15.4. The van der Waals surface area contributed by atoms with Crippen molar-refractivity contribution in [1.29, 1.82) is 0 Å². The molecule has 2 amide bonds. The summed E-state index contributed by atoms with van der Waals surface area (Å²) in [6.45, 7) is 0.365. The lowest BCUT2D eigenvalue weighted by Crippen LogP contribution is -2.33. The predicted octanol–water partition coefficient (Wildman–Crippen LogP) is 5.07. The van der Waals surface area contributed by atoms with Gasteiger partial charge in [-0.2, -0.15) is 0 Å². The van der Waals surface area contributed by atoms with Crippen molar-refractivity contribution in [2.24, 2.45) is 0 Å². The molecule has 0 aliphatic rings. The maximum absolute atomic E-state index is 12.9. The average molecular weight is 376 g/mol. The number of benzene rings is 3. The van der Waals surface area contributed by atoms with Crippen molar-refractivity contribution in [3.8, 4) is 5.75 Å². The largest absolute Gasteiger partial charge is 0.453 e. The van der Waals surface area contributed by atoms with E-state index >= 15 is 0 Å². The van der Waals surface area contributed by atoms with Gasteiger partial charge in [-0.25, -0.2) is 9.59 Å². The molecule has 0 saturated carbocycles. The highest BCUT2D eigenvalue weighted by molar-refractivity contribution is 5.89. The van der Waals surface area contributed by atoms with E-state index in [0.717, 1.165) is 11.3 Å². The van der Waals surface area contributed by atoms with E-state index in [4.69, 9.17) is 4.74 Å². The van der Waals surface area contributed by atoms with E-state index in [9.17, 15) is 9.59 Å². The molecule has 6 nitrogen and oxygen atoms in total. The standard InChI is InChI=1S/C22H20N2O4/c1-27-21(25)23-18-11-8-14-20(15-18)28-22(26)24(19-12-6-3-7-13-19)16-17-9-4-2-5-10-17/h2-15H,16H2,1H3,(H,23,25). The molecule has 0 fully saturated rings. The van der Waals surface area contributed by atoms with E-state index in [0.29, 0.717) is 18.0 Å². The number of anilines is 2. The van der Waals surface area contributed by atoms with Gasteiger partial charge in [-0.05, 0) is 29.8 Å². The van der Waals surface area contributed by atoms with Gasteiger partial charge in [0.2, 0.25) is 0 Å². The molecule has 3 rings (SSSR count). The number of methoxy groups -OCH3 is 1. The lowest BCUT2D eigenvalue weighted by atomic mass is 10.2. The number of amides is 2. The number of ether oxygens (including phenoxy) is 2. The molecule has 1 N–H and O–H groups in total. The fourth-order valence-corrected chi connectivity index (χ4v) is 2.60. The van der Waals surface area contributed by atoms with Crippen LogP contribution in [-0.4, -0.2) is 19.3 Å². The highest BCUT2D eigenvalue weighted by Crippen LogP contribution is 2.22. The molecule has 0 bridgehead atoms. The summed E-state index contributed by atoms with van der Waals surface area (Å²) in [5.41, 5.74) is 2.16. The fourth-order valence-electron chi connectivity index (χ4n) is 2.60. The minimum Gasteiger partial charge on any atom is -0.453 e. The van der Waals surface area contributed by atoms with Crippen LogP contribution in [0.2, 0.25) is 0 Å². The summed E-state index contributed by atoms with van der Waals surface area (Å²) in [7, 11) is 1.28. The molecular weight excluding hydrogens is 356 g/mol. The Morgan fingerprint density at radius 3 is 2.25 bits per heavy atom. The summed E-state index contributed by atoms with van der Waals surface area (Å²) in [4.78, 5) is 25.8. The van der Waals surface area contributed by atoms with Crippen molar-refractivity contribution in [1.82, 2.24) is 0 Å². The van der Waals surface area contributed by atoms with Crippen LogP contribution in [0.5, 0.6) is 5.75 Å². The zero-order valence-corrected chi connectivity index (χ0v) is 15.4. The van der Waals surface area contributed by atoms with Crippen molar-refractivity contribution in [2.45, 2.75) is 6.54 Å². The Bertz CT molecular complexity index is 930. The first-order valence-corrected chi connectivity index (χ1v) is 8.69. The van der Waals surface area contributed by atoms with Gasteiger partial charge in [0.05, 0.1) is 13.7 Å². The molecular formula is C22H20N2O4. The second kappa shape index (κ2) is 9.23. The lowest BCUT2D eigenvalue weighted by molar-refractivity contribution is 0.187. The van der Waals surface area contributed by atoms with Gasteiger partial charge in [0.15, 0.2) is 0 Å². The van der Waals surface area contributed by atoms with Gasteiger partial charge in [-0.1, -0.05) is 54.6 Å². The van der Waals surface area contributed by atoms with Crippen molar-refractivity contribution in [3.63, 3.8) is 0 Å². The van der Waals surface area contributed by atoms with Crippen molar-refractivity contribution < 1.29 is 19.1 Å². The summed E-state index contributed by atoms with van der Waals surface area (Å²) in [6.07, 6.45) is -1.12. The second-order valence-electron chi connectivity index (χ2n) is 5.92. The van der Waals surface area contributed by atoms with E-state index in [-0.39, 0.29) is 0 Å². The predicted molar refractivity (Wildman–Crippen MR) is 108 cm³/mol. The molecule has 0 atom stereocenters. The molecule has 0 saturated heterocycles. The molecule has 3 aromatic carbocycles. The van der Waals surface area contributed by atoms with Gasteiger partial charge in [0.25, 0.3) is 0 Å². The first-order valence-electron chi connectivity index (χ1n) is 8.69. The van der Waals surface area contributed by atoms with E-state index in [1.807, 2.05) is 60.7 Å². The highest BCUT2D eigenvalue weighted by Gasteiger charge is 2.18.